The lowest BCUT2D eigenvalue weighted by Crippen LogP contribution is -2.07. The topological polar surface area (TPSA) is 51.8 Å². The molecule has 2 aromatic heterocycles. The summed E-state index contributed by atoms with van der Waals surface area (Å²) in [5.41, 5.74) is 6.74. The van der Waals surface area contributed by atoms with Gasteiger partial charge in [-0.05, 0) is 30.7 Å². The van der Waals surface area contributed by atoms with Crippen LogP contribution < -0.4 is 5.73 Å². The molecule has 2 heterocycles. The number of nitrogens with two attached hydrogens (primary N) is 1. The van der Waals surface area contributed by atoms with Crippen LogP contribution in [-0.4, -0.2) is 9.97 Å². The highest BCUT2D eigenvalue weighted by Crippen LogP contribution is 2.28. The van der Waals surface area contributed by atoms with E-state index >= 15 is 0 Å². The van der Waals surface area contributed by atoms with Gasteiger partial charge in [0.15, 0.2) is 0 Å². The summed E-state index contributed by atoms with van der Waals surface area (Å²) in [6, 6.07) is 5.67. The molecule has 0 aliphatic carbocycles. The third-order valence-corrected chi connectivity index (χ3v) is 2.66. The molecule has 2 aromatic rings. The van der Waals surface area contributed by atoms with E-state index in [4.69, 9.17) is 5.73 Å². The predicted molar refractivity (Wildman–Crippen MR) is 65.1 cm³/mol. The van der Waals surface area contributed by atoms with E-state index < -0.39 is 11.9 Å². The highest BCUT2D eigenvalue weighted by molar-refractivity contribution is 5.58. The number of hydrogen-bond acceptors (Lipinski definition) is 3. The molecule has 0 bridgehead atoms. The average Bonchev–Trinajstić information content (AvgIpc) is 2.38. The number of alkyl halides is 3. The second-order valence-electron chi connectivity index (χ2n) is 4.20. The number of nitrogens with zero attached hydrogens (tertiary/aromatic N) is 2. The molecule has 6 heteroatoms. The normalized spacial score (nSPS) is 13.3. The van der Waals surface area contributed by atoms with Crippen molar-refractivity contribution in [1.29, 1.82) is 0 Å². The summed E-state index contributed by atoms with van der Waals surface area (Å²) in [6.07, 6.45) is -1.65. The molecule has 0 aliphatic heterocycles. The number of rotatable bonds is 2. The number of halogens is 3. The van der Waals surface area contributed by atoms with Crippen LogP contribution in [0.15, 0.2) is 36.7 Å². The molecule has 0 radical (unpaired) electrons. The van der Waals surface area contributed by atoms with E-state index in [1.165, 1.54) is 6.07 Å². The van der Waals surface area contributed by atoms with Crippen molar-refractivity contribution in [2.75, 3.05) is 0 Å². The van der Waals surface area contributed by atoms with Crippen LogP contribution in [0.5, 0.6) is 0 Å². The molecule has 0 amide bonds. The van der Waals surface area contributed by atoms with E-state index in [1.807, 2.05) is 6.92 Å². The fraction of sp³-hybridized carbons (Fsp3) is 0.231. The van der Waals surface area contributed by atoms with Crippen molar-refractivity contribution >= 4 is 0 Å². The van der Waals surface area contributed by atoms with Gasteiger partial charge in [-0.15, -0.1) is 0 Å². The summed E-state index contributed by atoms with van der Waals surface area (Å²) in [7, 11) is 0. The molecule has 0 saturated heterocycles. The standard InChI is InChI=1S/C13H12F3N3/c1-8(17)9-2-4-11(18-6-9)10-3-5-12(19-7-10)13(14,15)16/h2-8H,17H2,1H3/t8-/m0/s1. The lowest BCUT2D eigenvalue weighted by molar-refractivity contribution is -0.141. The van der Waals surface area contributed by atoms with Gasteiger partial charge in [0, 0.05) is 24.0 Å². The maximum absolute atomic E-state index is 12.4. The van der Waals surface area contributed by atoms with Crippen LogP contribution in [0.1, 0.15) is 24.2 Å². The molecule has 0 fully saturated rings. The van der Waals surface area contributed by atoms with Crippen LogP contribution in [0, 0.1) is 0 Å². The first kappa shape index (κ1) is 13.5. The van der Waals surface area contributed by atoms with Crippen molar-refractivity contribution in [2.45, 2.75) is 19.1 Å². The first-order valence-electron chi connectivity index (χ1n) is 5.63. The molecular weight excluding hydrogens is 255 g/mol. The van der Waals surface area contributed by atoms with Crippen molar-refractivity contribution in [3.8, 4) is 11.3 Å². The van der Waals surface area contributed by atoms with E-state index in [0.29, 0.717) is 11.3 Å². The van der Waals surface area contributed by atoms with Crippen LogP contribution in [-0.2, 0) is 6.18 Å². The van der Waals surface area contributed by atoms with E-state index in [-0.39, 0.29) is 6.04 Å². The Balaban J connectivity index is 2.27. The molecule has 2 rings (SSSR count). The zero-order valence-corrected chi connectivity index (χ0v) is 10.1. The first-order valence-corrected chi connectivity index (χ1v) is 5.63. The predicted octanol–water partition coefficient (Wildman–Crippen LogP) is 3.18. The van der Waals surface area contributed by atoms with Crippen LogP contribution in [0.2, 0.25) is 0 Å². The van der Waals surface area contributed by atoms with Crippen molar-refractivity contribution in [2.24, 2.45) is 5.73 Å². The van der Waals surface area contributed by atoms with Gasteiger partial charge in [-0.2, -0.15) is 13.2 Å². The Labute approximate surface area is 108 Å². The van der Waals surface area contributed by atoms with Crippen LogP contribution in [0.4, 0.5) is 13.2 Å². The minimum Gasteiger partial charge on any atom is -0.324 e. The van der Waals surface area contributed by atoms with Gasteiger partial charge in [-0.1, -0.05) is 6.07 Å². The van der Waals surface area contributed by atoms with Crippen LogP contribution in [0.3, 0.4) is 0 Å². The summed E-state index contributed by atoms with van der Waals surface area (Å²) in [5.74, 6) is 0. The number of aromatic nitrogens is 2. The van der Waals surface area contributed by atoms with Crippen molar-refractivity contribution < 1.29 is 13.2 Å². The maximum Gasteiger partial charge on any atom is 0.433 e. The highest BCUT2D eigenvalue weighted by Gasteiger charge is 2.32. The average molecular weight is 267 g/mol. The van der Waals surface area contributed by atoms with E-state index in [1.54, 1.807) is 18.3 Å². The van der Waals surface area contributed by atoms with Gasteiger partial charge in [0.1, 0.15) is 5.69 Å². The lowest BCUT2D eigenvalue weighted by atomic mass is 10.1. The second-order valence-corrected chi connectivity index (χ2v) is 4.20. The van der Waals surface area contributed by atoms with Gasteiger partial charge >= 0.3 is 6.18 Å². The van der Waals surface area contributed by atoms with Crippen molar-refractivity contribution in [1.82, 2.24) is 9.97 Å². The number of hydrogen-bond donors (Lipinski definition) is 1. The van der Waals surface area contributed by atoms with Gasteiger partial charge in [-0.25, -0.2) is 0 Å². The molecule has 0 saturated carbocycles. The summed E-state index contributed by atoms with van der Waals surface area (Å²) in [4.78, 5) is 7.55. The Kier molecular flexibility index (Phi) is 3.53. The van der Waals surface area contributed by atoms with Gasteiger partial charge in [0.25, 0.3) is 0 Å². The summed E-state index contributed by atoms with van der Waals surface area (Å²) < 4.78 is 37.1. The Bertz CT molecular complexity index is 545. The molecule has 2 N–H and O–H groups in total. The Morgan fingerprint density at radius 1 is 1.05 bits per heavy atom. The Morgan fingerprint density at radius 2 is 1.79 bits per heavy atom. The third kappa shape index (κ3) is 3.08. The molecule has 100 valence electrons. The van der Waals surface area contributed by atoms with Gasteiger partial charge in [-0.3, -0.25) is 9.97 Å². The zero-order chi connectivity index (χ0) is 14.0. The minimum atomic E-state index is -4.43. The number of pyridine rings is 2. The Morgan fingerprint density at radius 3 is 2.21 bits per heavy atom. The van der Waals surface area contributed by atoms with Crippen LogP contribution >= 0.6 is 0 Å². The van der Waals surface area contributed by atoms with Gasteiger partial charge in [0.2, 0.25) is 0 Å². The molecular formula is C13H12F3N3. The maximum atomic E-state index is 12.4. The molecule has 0 aliphatic rings. The largest absolute Gasteiger partial charge is 0.433 e. The molecule has 0 unspecified atom stereocenters. The molecule has 0 spiro atoms. The molecule has 1 atom stereocenters. The first-order chi connectivity index (χ1) is 8.88. The fourth-order valence-corrected chi connectivity index (χ4v) is 1.56. The minimum absolute atomic E-state index is 0.132. The monoisotopic (exact) mass is 267 g/mol. The van der Waals surface area contributed by atoms with Crippen LogP contribution in [0.25, 0.3) is 11.3 Å². The summed E-state index contributed by atoms with van der Waals surface area (Å²) in [5, 5.41) is 0. The molecule has 3 nitrogen and oxygen atoms in total. The third-order valence-electron chi connectivity index (χ3n) is 2.66. The molecule has 0 aromatic carbocycles. The van der Waals surface area contributed by atoms with E-state index in [9.17, 15) is 13.2 Å². The summed E-state index contributed by atoms with van der Waals surface area (Å²) in [6.45, 7) is 1.83. The van der Waals surface area contributed by atoms with E-state index in [0.717, 1.165) is 17.8 Å². The van der Waals surface area contributed by atoms with Crippen molar-refractivity contribution in [3.05, 3.63) is 47.9 Å². The lowest BCUT2D eigenvalue weighted by Gasteiger charge is -2.08. The highest BCUT2D eigenvalue weighted by atomic mass is 19.4. The zero-order valence-electron chi connectivity index (χ0n) is 10.1. The summed E-state index contributed by atoms with van der Waals surface area (Å²) >= 11 is 0. The SMILES string of the molecule is C[C@H](N)c1ccc(-c2ccc(C(F)(F)F)nc2)nc1. The smallest absolute Gasteiger partial charge is 0.324 e. The van der Waals surface area contributed by atoms with E-state index in [2.05, 4.69) is 9.97 Å². The molecule has 19 heavy (non-hydrogen) atoms. The Hall–Kier alpha value is -1.95. The van der Waals surface area contributed by atoms with Crippen molar-refractivity contribution in [3.63, 3.8) is 0 Å². The van der Waals surface area contributed by atoms with Gasteiger partial charge in [0.05, 0.1) is 5.69 Å². The van der Waals surface area contributed by atoms with Gasteiger partial charge < -0.3 is 5.73 Å². The quantitative estimate of drug-likeness (QED) is 0.909. The fourth-order valence-electron chi connectivity index (χ4n) is 1.56. The second kappa shape index (κ2) is 4.97.